The van der Waals surface area contributed by atoms with E-state index >= 15 is 0 Å². The molecular formula is C12H19ClN2O2. The van der Waals surface area contributed by atoms with Gasteiger partial charge in [0.1, 0.15) is 5.75 Å². The number of amides is 1. The second kappa shape index (κ2) is 7.92. The minimum Gasteiger partial charge on any atom is -0.495 e. The fourth-order valence-corrected chi connectivity index (χ4v) is 1.39. The molecule has 0 saturated heterocycles. The van der Waals surface area contributed by atoms with Crippen LogP contribution in [0.5, 0.6) is 5.75 Å². The number of rotatable bonds is 5. The van der Waals surface area contributed by atoms with E-state index in [1.807, 2.05) is 25.1 Å². The number of hydrogen-bond donors (Lipinski definition) is 2. The van der Waals surface area contributed by atoms with Crippen LogP contribution in [-0.4, -0.2) is 19.6 Å². The van der Waals surface area contributed by atoms with E-state index in [-0.39, 0.29) is 18.3 Å². The third kappa shape index (κ3) is 5.06. The molecular weight excluding hydrogens is 240 g/mol. The Labute approximate surface area is 108 Å². The smallest absolute Gasteiger partial charge is 0.224 e. The Morgan fingerprint density at radius 3 is 2.76 bits per heavy atom. The van der Waals surface area contributed by atoms with Gasteiger partial charge in [0.15, 0.2) is 0 Å². The Morgan fingerprint density at radius 2 is 2.18 bits per heavy atom. The lowest BCUT2D eigenvalue weighted by Crippen LogP contribution is -2.14. The number of halogens is 1. The van der Waals surface area contributed by atoms with Gasteiger partial charge >= 0.3 is 0 Å². The molecule has 5 heteroatoms. The topological polar surface area (TPSA) is 64.3 Å². The molecule has 0 aromatic heterocycles. The van der Waals surface area contributed by atoms with Crippen LogP contribution in [0.4, 0.5) is 5.69 Å². The van der Waals surface area contributed by atoms with Crippen molar-refractivity contribution < 1.29 is 9.53 Å². The Hall–Kier alpha value is -1.26. The molecule has 17 heavy (non-hydrogen) atoms. The number of carbonyl (C=O) groups is 1. The zero-order chi connectivity index (χ0) is 12.0. The fraction of sp³-hybridized carbons (Fsp3) is 0.417. The number of methoxy groups -OCH3 is 1. The summed E-state index contributed by atoms with van der Waals surface area (Å²) < 4.78 is 5.17. The summed E-state index contributed by atoms with van der Waals surface area (Å²) in [4.78, 5) is 11.5. The lowest BCUT2D eigenvalue weighted by Gasteiger charge is -2.10. The molecule has 1 amide bonds. The molecule has 0 spiro atoms. The van der Waals surface area contributed by atoms with Gasteiger partial charge in [0, 0.05) is 6.42 Å². The van der Waals surface area contributed by atoms with Crippen molar-refractivity contribution in [1.82, 2.24) is 0 Å². The minimum absolute atomic E-state index is 0. The van der Waals surface area contributed by atoms with Crippen LogP contribution >= 0.6 is 12.4 Å². The summed E-state index contributed by atoms with van der Waals surface area (Å²) in [5, 5.41) is 2.82. The number of carbonyl (C=O) groups excluding carboxylic acids is 1. The monoisotopic (exact) mass is 258 g/mol. The molecule has 0 fully saturated rings. The zero-order valence-corrected chi connectivity index (χ0v) is 11.0. The molecule has 0 bridgehead atoms. The van der Waals surface area contributed by atoms with E-state index in [9.17, 15) is 4.79 Å². The van der Waals surface area contributed by atoms with Gasteiger partial charge in [0.25, 0.3) is 0 Å². The maximum absolute atomic E-state index is 11.5. The number of nitrogens with two attached hydrogens (primary N) is 1. The minimum atomic E-state index is -0.0330. The summed E-state index contributed by atoms with van der Waals surface area (Å²) >= 11 is 0. The normalized spacial score (nSPS) is 9.35. The molecule has 0 atom stereocenters. The Kier molecular flexibility index (Phi) is 7.34. The number of ether oxygens (including phenoxy) is 1. The van der Waals surface area contributed by atoms with Crippen molar-refractivity contribution in [3.8, 4) is 5.75 Å². The summed E-state index contributed by atoms with van der Waals surface area (Å²) in [5.41, 5.74) is 7.14. The van der Waals surface area contributed by atoms with E-state index < -0.39 is 0 Å². The average Bonchev–Trinajstić information content (AvgIpc) is 2.27. The first-order chi connectivity index (χ1) is 7.67. The van der Waals surface area contributed by atoms with E-state index in [0.29, 0.717) is 30.8 Å². The van der Waals surface area contributed by atoms with E-state index in [4.69, 9.17) is 10.5 Å². The average molecular weight is 259 g/mol. The van der Waals surface area contributed by atoms with Gasteiger partial charge in [0.2, 0.25) is 5.91 Å². The first kappa shape index (κ1) is 15.7. The van der Waals surface area contributed by atoms with Crippen LogP contribution in [0.25, 0.3) is 0 Å². The third-order valence-electron chi connectivity index (χ3n) is 2.24. The highest BCUT2D eigenvalue weighted by Gasteiger charge is 2.06. The maximum Gasteiger partial charge on any atom is 0.224 e. The second-order valence-corrected chi connectivity index (χ2v) is 3.64. The molecule has 0 aliphatic carbocycles. The largest absolute Gasteiger partial charge is 0.495 e. The van der Waals surface area contributed by atoms with Gasteiger partial charge in [-0.1, -0.05) is 6.07 Å². The molecule has 0 radical (unpaired) electrons. The van der Waals surface area contributed by atoms with Gasteiger partial charge in [-0.05, 0) is 37.6 Å². The van der Waals surface area contributed by atoms with Gasteiger partial charge in [-0.2, -0.15) is 0 Å². The highest BCUT2D eigenvalue weighted by atomic mass is 35.5. The lowest BCUT2D eigenvalue weighted by atomic mass is 10.2. The Bertz CT molecular complexity index is 370. The van der Waals surface area contributed by atoms with Crippen molar-refractivity contribution in [2.45, 2.75) is 19.8 Å². The van der Waals surface area contributed by atoms with Crippen LogP contribution < -0.4 is 15.8 Å². The number of hydrogen-bond acceptors (Lipinski definition) is 3. The Morgan fingerprint density at radius 1 is 1.47 bits per heavy atom. The first-order valence-electron chi connectivity index (χ1n) is 5.32. The van der Waals surface area contributed by atoms with Gasteiger partial charge in [-0.15, -0.1) is 12.4 Å². The molecule has 3 N–H and O–H groups in total. The van der Waals surface area contributed by atoms with Crippen molar-refractivity contribution in [3.05, 3.63) is 23.8 Å². The molecule has 0 heterocycles. The van der Waals surface area contributed by atoms with Crippen LogP contribution in [0.3, 0.4) is 0 Å². The predicted molar refractivity (Wildman–Crippen MR) is 71.9 cm³/mol. The van der Waals surface area contributed by atoms with E-state index in [2.05, 4.69) is 5.32 Å². The van der Waals surface area contributed by atoms with E-state index in [1.165, 1.54) is 0 Å². The molecule has 0 unspecified atom stereocenters. The number of anilines is 1. The standard InChI is InChI=1S/C12H18N2O2.ClH/c1-9-5-6-11(16-2)10(8-9)14-12(15)4-3-7-13;/h5-6,8H,3-4,7,13H2,1-2H3,(H,14,15);1H. The number of aryl methyl sites for hydroxylation is 1. The zero-order valence-electron chi connectivity index (χ0n) is 10.2. The summed E-state index contributed by atoms with van der Waals surface area (Å²) in [6.45, 7) is 2.49. The molecule has 0 saturated carbocycles. The molecule has 4 nitrogen and oxygen atoms in total. The molecule has 1 rings (SSSR count). The highest BCUT2D eigenvalue weighted by Crippen LogP contribution is 2.25. The van der Waals surface area contributed by atoms with Crippen molar-refractivity contribution in [2.24, 2.45) is 5.73 Å². The quantitative estimate of drug-likeness (QED) is 0.850. The van der Waals surface area contributed by atoms with Crippen LogP contribution in [-0.2, 0) is 4.79 Å². The molecule has 0 aliphatic rings. The molecule has 96 valence electrons. The van der Waals surface area contributed by atoms with Crippen LogP contribution in [0, 0.1) is 6.92 Å². The van der Waals surface area contributed by atoms with Crippen molar-refractivity contribution >= 4 is 24.0 Å². The van der Waals surface area contributed by atoms with Gasteiger partial charge in [0.05, 0.1) is 12.8 Å². The molecule has 1 aromatic carbocycles. The lowest BCUT2D eigenvalue weighted by molar-refractivity contribution is -0.116. The summed E-state index contributed by atoms with van der Waals surface area (Å²) in [6, 6.07) is 5.67. The van der Waals surface area contributed by atoms with Crippen molar-refractivity contribution in [3.63, 3.8) is 0 Å². The summed E-state index contributed by atoms with van der Waals surface area (Å²) in [5.74, 6) is 0.640. The Balaban J connectivity index is 0.00000256. The molecule has 1 aromatic rings. The van der Waals surface area contributed by atoms with Crippen molar-refractivity contribution in [1.29, 1.82) is 0 Å². The third-order valence-corrected chi connectivity index (χ3v) is 2.24. The maximum atomic E-state index is 11.5. The van der Waals surface area contributed by atoms with E-state index in [1.54, 1.807) is 7.11 Å². The van der Waals surface area contributed by atoms with Crippen LogP contribution in [0.1, 0.15) is 18.4 Å². The summed E-state index contributed by atoms with van der Waals surface area (Å²) in [6.07, 6.45) is 1.13. The van der Waals surface area contributed by atoms with Gasteiger partial charge in [-0.25, -0.2) is 0 Å². The highest BCUT2D eigenvalue weighted by molar-refractivity contribution is 5.92. The fourth-order valence-electron chi connectivity index (χ4n) is 1.39. The summed E-state index contributed by atoms with van der Waals surface area (Å²) in [7, 11) is 1.58. The first-order valence-corrected chi connectivity index (χ1v) is 5.32. The van der Waals surface area contributed by atoms with E-state index in [0.717, 1.165) is 5.56 Å². The SMILES string of the molecule is COc1ccc(C)cc1NC(=O)CCCN.Cl. The molecule has 0 aliphatic heterocycles. The van der Waals surface area contributed by atoms with Crippen LogP contribution in [0.15, 0.2) is 18.2 Å². The predicted octanol–water partition coefficient (Wildman–Crippen LogP) is 2.10. The van der Waals surface area contributed by atoms with Crippen LogP contribution in [0.2, 0.25) is 0 Å². The number of nitrogens with one attached hydrogen (secondary N) is 1. The number of benzene rings is 1. The van der Waals surface area contributed by atoms with Crippen molar-refractivity contribution in [2.75, 3.05) is 19.0 Å². The van der Waals surface area contributed by atoms with Gasteiger partial charge < -0.3 is 15.8 Å². The second-order valence-electron chi connectivity index (χ2n) is 3.64. The van der Waals surface area contributed by atoms with Gasteiger partial charge in [-0.3, -0.25) is 4.79 Å².